The highest BCUT2D eigenvalue weighted by atomic mass is 32.2. The van der Waals surface area contributed by atoms with Gasteiger partial charge in [-0.15, -0.1) is 0 Å². The minimum Gasteiger partial charge on any atom is -0.220 e. The lowest BCUT2D eigenvalue weighted by Gasteiger charge is -2.23. The van der Waals surface area contributed by atoms with Gasteiger partial charge < -0.3 is 0 Å². The van der Waals surface area contributed by atoms with E-state index < -0.39 is 43.3 Å². The summed E-state index contributed by atoms with van der Waals surface area (Å²) >= 11 is 0. The SMILES string of the molecule is N#CC1=CCN(S(=O)(=O)CCCS(=O)(=O)C(F)(F)F)CC1. The van der Waals surface area contributed by atoms with Crippen LogP contribution in [0.25, 0.3) is 0 Å². The Kier molecular flexibility index (Phi) is 5.40. The first kappa shape index (κ1) is 17.9. The van der Waals surface area contributed by atoms with Crippen molar-refractivity contribution in [2.24, 2.45) is 0 Å². The Hall–Kier alpha value is -1.12. The van der Waals surface area contributed by atoms with E-state index in [0.29, 0.717) is 5.57 Å². The van der Waals surface area contributed by atoms with Crippen molar-refractivity contribution in [3.8, 4) is 6.07 Å². The molecule has 11 heteroatoms. The van der Waals surface area contributed by atoms with Gasteiger partial charge in [-0.25, -0.2) is 16.8 Å². The van der Waals surface area contributed by atoms with E-state index in [2.05, 4.69) is 0 Å². The molecule has 6 nitrogen and oxygen atoms in total. The summed E-state index contributed by atoms with van der Waals surface area (Å²) < 4.78 is 82.7. The maximum atomic E-state index is 12.1. The molecule has 1 heterocycles. The van der Waals surface area contributed by atoms with Crippen LogP contribution < -0.4 is 0 Å². The number of nitrogens with zero attached hydrogens (tertiary/aromatic N) is 2. The van der Waals surface area contributed by atoms with E-state index in [4.69, 9.17) is 5.26 Å². The van der Waals surface area contributed by atoms with Gasteiger partial charge in [0.15, 0.2) is 0 Å². The first-order chi connectivity index (χ1) is 9.49. The molecular weight excluding hydrogens is 333 g/mol. The van der Waals surface area contributed by atoms with Crippen LogP contribution in [0.3, 0.4) is 0 Å². The summed E-state index contributed by atoms with van der Waals surface area (Å²) in [7, 11) is -9.14. The van der Waals surface area contributed by atoms with Crippen molar-refractivity contribution in [2.45, 2.75) is 18.3 Å². The van der Waals surface area contributed by atoms with Crippen LogP contribution in [-0.4, -0.2) is 51.2 Å². The number of nitriles is 1. The third-order valence-corrected chi connectivity index (χ3v) is 6.33. The summed E-state index contributed by atoms with van der Waals surface area (Å²) in [5.74, 6) is -1.94. The normalized spacial score (nSPS) is 18.1. The second kappa shape index (κ2) is 6.33. The zero-order valence-electron chi connectivity index (χ0n) is 10.8. The van der Waals surface area contributed by atoms with Gasteiger partial charge in [-0.05, 0) is 12.8 Å². The molecule has 0 aliphatic carbocycles. The molecule has 0 aromatic rings. The number of halogens is 3. The molecule has 0 spiro atoms. The molecule has 0 aromatic carbocycles. The van der Waals surface area contributed by atoms with Gasteiger partial charge in [0.2, 0.25) is 19.9 Å². The van der Waals surface area contributed by atoms with Crippen molar-refractivity contribution >= 4 is 19.9 Å². The second-order valence-electron chi connectivity index (χ2n) is 4.38. The van der Waals surface area contributed by atoms with Crippen molar-refractivity contribution in [1.82, 2.24) is 4.31 Å². The lowest BCUT2D eigenvalue weighted by Crippen LogP contribution is -2.37. The van der Waals surface area contributed by atoms with E-state index in [1.165, 1.54) is 6.08 Å². The number of hydrogen-bond acceptors (Lipinski definition) is 5. The Morgan fingerprint density at radius 3 is 2.29 bits per heavy atom. The largest absolute Gasteiger partial charge is 0.497 e. The molecule has 1 aliphatic heterocycles. The van der Waals surface area contributed by atoms with Crippen LogP contribution in [0, 0.1) is 11.3 Å². The first-order valence-electron chi connectivity index (χ1n) is 5.85. The Morgan fingerprint density at radius 2 is 1.86 bits per heavy atom. The lowest BCUT2D eigenvalue weighted by atomic mass is 10.1. The minimum absolute atomic E-state index is 0.0305. The zero-order chi connectivity index (χ0) is 16.3. The first-order valence-corrected chi connectivity index (χ1v) is 9.12. The van der Waals surface area contributed by atoms with Gasteiger partial charge in [-0.3, -0.25) is 0 Å². The van der Waals surface area contributed by atoms with Gasteiger partial charge >= 0.3 is 5.51 Å². The summed E-state index contributed by atoms with van der Waals surface area (Å²) in [4.78, 5) is 0. The number of sulfonamides is 1. The summed E-state index contributed by atoms with van der Waals surface area (Å²) in [6, 6.07) is 1.89. The summed E-state index contributed by atoms with van der Waals surface area (Å²) in [5.41, 5.74) is -4.92. The molecule has 0 radical (unpaired) electrons. The zero-order valence-corrected chi connectivity index (χ0v) is 12.4. The predicted octanol–water partition coefficient (Wildman–Crippen LogP) is 0.797. The number of alkyl halides is 3. The molecule has 0 saturated carbocycles. The maximum Gasteiger partial charge on any atom is 0.497 e. The van der Waals surface area contributed by atoms with Crippen LogP contribution in [0.15, 0.2) is 11.6 Å². The van der Waals surface area contributed by atoms with Crippen LogP contribution in [0.4, 0.5) is 13.2 Å². The van der Waals surface area contributed by atoms with E-state index in [1.54, 1.807) is 0 Å². The van der Waals surface area contributed by atoms with Crippen LogP contribution in [-0.2, 0) is 19.9 Å². The fourth-order valence-corrected chi connectivity index (χ4v) is 4.06. The van der Waals surface area contributed by atoms with E-state index in [1.807, 2.05) is 6.07 Å². The number of sulfone groups is 1. The minimum atomic E-state index is -5.37. The fourth-order valence-electron chi connectivity index (χ4n) is 1.68. The topological polar surface area (TPSA) is 95.3 Å². The van der Waals surface area contributed by atoms with Crippen molar-refractivity contribution in [3.63, 3.8) is 0 Å². The van der Waals surface area contributed by atoms with Crippen molar-refractivity contribution in [2.75, 3.05) is 24.6 Å². The smallest absolute Gasteiger partial charge is 0.220 e. The molecule has 0 aromatic heterocycles. The van der Waals surface area contributed by atoms with Gasteiger partial charge in [-0.1, -0.05) is 6.08 Å². The quantitative estimate of drug-likeness (QED) is 0.734. The summed E-state index contributed by atoms with van der Waals surface area (Å²) in [6.45, 7) is 0.0327. The third-order valence-electron chi connectivity index (χ3n) is 2.88. The van der Waals surface area contributed by atoms with E-state index in [9.17, 15) is 30.0 Å². The van der Waals surface area contributed by atoms with Gasteiger partial charge in [0.05, 0.1) is 17.6 Å². The van der Waals surface area contributed by atoms with Crippen molar-refractivity contribution in [3.05, 3.63) is 11.6 Å². The Balaban J connectivity index is 2.60. The maximum absolute atomic E-state index is 12.1. The average Bonchev–Trinajstić information content (AvgIpc) is 2.37. The molecule has 1 aliphatic rings. The average molecular weight is 346 g/mol. The van der Waals surface area contributed by atoms with Crippen molar-refractivity contribution in [1.29, 1.82) is 5.26 Å². The monoisotopic (exact) mass is 346 g/mol. The highest BCUT2D eigenvalue weighted by Crippen LogP contribution is 2.24. The highest BCUT2D eigenvalue weighted by molar-refractivity contribution is 7.92. The predicted molar refractivity (Wildman–Crippen MR) is 68.1 cm³/mol. The molecule has 120 valence electrons. The summed E-state index contributed by atoms with van der Waals surface area (Å²) in [5, 5.41) is 8.63. The molecule has 1 rings (SSSR count). The van der Waals surface area contributed by atoms with E-state index in [0.717, 1.165) is 4.31 Å². The standard InChI is InChI=1S/C10H13F3N2O4S2/c11-10(12,13)20(16,17)6-1-7-21(18,19)15-4-2-9(8-14)3-5-15/h2H,1,3-7H2. The molecule has 0 saturated heterocycles. The molecular formula is C10H13F3N2O4S2. The molecule has 0 N–H and O–H groups in total. The molecule has 0 fully saturated rings. The van der Waals surface area contributed by atoms with Crippen LogP contribution in [0.1, 0.15) is 12.8 Å². The Bertz CT molecular complexity index is 659. The Labute approximate surface area is 120 Å². The molecule has 0 bridgehead atoms. The highest BCUT2D eigenvalue weighted by Gasteiger charge is 2.45. The van der Waals surface area contributed by atoms with Gasteiger partial charge in [0.25, 0.3) is 0 Å². The van der Waals surface area contributed by atoms with Crippen molar-refractivity contribution < 1.29 is 30.0 Å². The Morgan fingerprint density at radius 1 is 1.24 bits per heavy atom. The summed E-state index contributed by atoms with van der Waals surface area (Å²) in [6.07, 6.45) is 1.03. The third kappa shape index (κ3) is 4.69. The second-order valence-corrected chi connectivity index (χ2v) is 8.57. The fraction of sp³-hybridized carbons (Fsp3) is 0.700. The number of rotatable bonds is 5. The van der Waals surface area contributed by atoms with Gasteiger partial charge in [0.1, 0.15) is 0 Å². The van der Waals surface area contributed by atoms with Gasteiger partial charge in [-0.2, -0.15) is 22.7 Å². The molecule has 0 amide bonds. The van der Waals surface area contributed by atoms with Crippen LogP contribution in [0.2, 0.25) is 0 Å². The van der Waals surface area contributed by atoms with E-state index in [-0.39, 0.29) is 19.5 Å². The van der Waals surface area contributed by atoms with Crippen LogP contribution >= 0.6 is 0 Å². The molecule has 0 atom stereocenters. The molecule has 21 heavy (non-hydrogen) atoms. The molecule has 0 unspecified atom stereocenters. The lowest BCUT2D eigenvalue weighted by molar-refractivity contribution is -0.0435. The van der Waals surface area contributed by atoms with E-state index >= 15 is 0 Å². The van der Waals surface area contributed by atoms with Crippen LogP contribution in [0.5, 0.6) is 0 Å². The van der Waals surface area contributed by atoms with Gasteiger partial charge in [0, 0.05) is 18.7 Å². The number of hydrogen-bond donors (Lipinski definition) is 0.